The van der Waals surface area contributed by atoms with Gasteiger partial charge in [0.25, 0.3) is 0 Å². The maximum atomic E-state index is 12.6. The van der Waals surface area contributed by atoms with Gasteiger partial charge in [-0.1, -0.05) is 27.7 Å². The van der Waals surface area contributed by atoms with Gasteiger partial charge in [-0.3, -0.25) is 4.79 Å². The van der Waals surface area contributed by atoms with Crippen molar-refractivity contribution in [3.63, 3.8) is 0 Å². The Morgan fingerprint density at radius 3 is 2.50 bits per heavy atom. The molecule has 2 aliphatic carbocycles. The molecule has 4 nitrogen and oxygen atoms in total. The summed E-state index contributed by atoms with van der Waals surface area (Å²) in [5, 5.41) is 13.7. The maximum Gasteiger partial charge on any atom is 0.222 e. The van der Waals surface area contributed by atoms with Gasteiger partial charge in [0.2, 0.25) is 5.91 Å². The van der Waals surface area contributed by atoms with Crippen LogP contribution in [0.15, 0.2) is 12.1 Å². The van der Waals surface area contributed by atoms with Crippen molar-refractivity contribution in [3.8, 4) is 5.75 Å². The van der Waals surface area contributed by atoms with E-state index in [9.17, 15) is 9.90 Å². The number of aromatic hydroxyl groups is 1. The Labute approximate surface area is 169 Å². The van der Waals surface area contributed by atoms with Gasteiger partial charge in [0.15, 0.2) is 0 Å². The molecule has 4 heteroatoms. The van der Waals surface area contributed by atoms with Gasteiger partial charge in [-0.05, 0) is 84.6 Å². The van der Waals surface area contributed by atoms with Crippen molar-refractivity contribution in [2.24, 2.45) is 28.6 Å². The number of ether oxygens (including phenoxy) is 1. The molecule has 28 heavy (non-hydrogen) atoms. The first-order valence-corrected chi connectivity index (χ1v) is 10.8. The van der Waals surface area contributed by atoms with Crippen LogP contribution in [0.25, 0.3) is 0 Å². The second kappa shape index (κ2) is 6.48. The zero-order valence-electron chi connectivity index (χ0n) is 18.1. The zero-order chi connectivity index (χ0) is 20.4. The van der Waals surface area contributed by atoms with E-state index in [0.717, 1.165) is 30.6 Å². The minimum atomic E-state index is 0.00260. The molecule has 5 atom stereocenters. The summed E-state index contributed by atoms with van der Waals surface area (Å²) < 4.78 is 6.35. The van der Waals surface area contributed by atoms with E-state index < -0.39 is 0 Å². The first-order valence-electron chi connectivity index (χ1n) is 10.8. The van der Waals surface area contributed by atoms with E-state index in [4.69, 9.17) is 4.74 Å². The van der Waals surface area contributed by atoms with Gasteiger partial charge < -0.3 is 15.2 Å². The van der Waals surface area contributed by atoms with Crippen LogP contribution in [0.4, 0.5) is 0 Å². The number of carbonyl (C=O) groups is 1. The van der Waals surface area contributed by atoms with Crippen molar-refractivity contribution in [2.45, 2.75) is 73.0 Å². The van der Waals surface area contributed by atoms with E-state index >= 15 is 0 Å². The van der Waals surface area contributed by atoms with Crippen LogP contribution in [0.2, 0.25) is 0 Å². The van der Waals surface area contributed by atoms with E-state index in [1.165, 1.54) is 12.0 Å². The number of amides is 1. The van der Waals surface area contributed by atoms with E-state index in [1.807, 2.05) is 27.7 Å². The molecule has 0 unspecified atom stereocenters. The highest BCUT2D eigenvalue weighted by Gasteiger charge is 2.68. The maximum absolute atomic E-state index is 12.6. The third-order valence-electron chi connectivity index (χ3n) is 8.16. The van der Waals surface area contributed by atoms with E-state index in [0.29, 0.717) is 17.6 Å². The number of carbonyl (C=O) groups excluding carboxylic acids is 1. The molecule has 1 aromatic rings. The quantitative estimate of drug-likeness (QED) is 0.795. The Balaban J connectivity index is 1.71. The van der Waals surface area contributed by atoms with Gasteiger partial charge in [-0.15, -0.1) is 0 Å². The van der Waals surface area contributed by atoms with Crippen LogP contribution in [-0.4, -0.2) is 23.7 Å². The van der Waals surface area contributed by atoms with Crippen LogP contribution in [0, 0.1) is 42.4 Å². The number of benzene rings is 1. The van der Waals surface area contributed by atoms with Crippen molar-refractivity contribution in [3.05, 3.63) is 28.8 Å². The zero-order valence-corrected chi connectivity index (χ0v) is 18.1. The molecular formula is C24H35NO3. The molecule has 3 aliphatic rings. The summed E-state index contributed by atoms with van der Waals surface area (Å²) in [4.78, 5) is 12.6. The number of nitrogens with one attached hydrogen (secondary N) is 1. The number of hydrogen-bond donors (Lipinski definition) is 2. The second-order valence-electron chi connectivity index (χ2n) is 10.4. The number of phenols is 1. The highest BCUT2D eigenvalue weighted by Crippen LogP contribution is 2.70. The van der Waals surface area contributed by atoms with Crippen molar-refractivity contribution in [1.29, 1.82) is 0 Å². The fourth-order valence-corrected chi connectivity index (χ4v) is 6.58. The standard InChI is InChI=1S/C24H35NO3/c1-13(2)21(27)25-22-23(5,6)17-11-18-20(28-8-7-24(18,22)12-17)16-9-14(3)19(26)15(4)10-16/h9-10,13,17-18,20,22,26H,7-8,11-12H2,1-6H3,(H,25,27)/t17-,18-,20-,22+,24-/m1/s1. The van der Waals surface area contributed by atoms with Crippen molar-refractivity contribution < 1.29 is 14.6 Å². The molecule has 2 N–H and O–H groups in total. The number of fused-ring (bicyclic) bond motifs is 1. The minimum absolute atomic E-state index is 0.00260. The average molecular weight is 386 g/mol. The van der Waals surface area contributed by atoms with Gasteiger partial charge in [-0.2, -0.15) is 0 Å². The summed E-state index contributed by atoms with van der Waals surface area (Å²) in [5.74, 6) is 1.57. The van der Waals surface area contributed by atoms with Gasteiger partial charge in [0, 0.05) is 18.6 Å². The molecule has 4 rings (SSSR count). The van der Waals surface area contributed by atoms with Crippen LogP contribution in [-0.2, 0) is 9.53 Å². The smallest absolute Gasteiger partial charge is 0.222 e. The number of hydrogen-bond acceptors (Lipinski definition) is 3. The van der Waals surface area contributed by atoms with Gasteiger partial charge in [0.05, 0.1) is 6.10 Å². The Morgan fingerprint density at radius 2 is 1.89 bits per heavy atom. The summed E-state index contributed by atoms with van der Waals surface area (Å²) >= 11 is 0. The molecule has 0 aromatic heterocycles. The van der Waals surface area contributed by atoms with Crippen LogP contribution in [0.3, 0.4) is 0 Å². The number of aryl methyl sites for hydroxylation is 2. The minimum Gasteiger partial charge on any atom is -0.507 e. The van der Waals surface area contributed by atoms with Crippen LogP contribution < -0.4 is 5.32 Å². The summed E-state index contributed by atoms with van der Waals surface area (Å²) in [6, 6.07) is 4.37. The third-order valence-corrected chi connectivity index (χ3v) is 8.16. The predicted molar refractivity (Wildman–Crippen MR) is 110 cm³/mol. The Hall–Kier alpha value is -1.55. The fourth-order valence-electron chi connectivity index (χ4n) is 6.58. The second-order valence-corrected chi connectivity index (χ2v) is 10.4. The van der Waals surface area contributed by atoms with Crippen LogP contribution >= 0.6 is 0 Å². The molecule has 1 spiro atoms. The first-order chi connectivity index (χ1) is 13.1. The van der Waals surface area contributed by atoms with Crippen LogP contribution in [0.1, 0.15) is 69.8 Å². The third kappa shape index (κ3) is 2.71. The molecule has 1 heterocycles. The lowest BCUT2D eigenvalue weighted by Gasteiger charge is -2.53. The molecule has 3 fully saturated rings. The summed E-state index contributed by atoms with van der Waals surface area (Å²) in [7, 11) is 0. The summed E-state index contributed by atoms with van der Waals surface area (Å²) in [5.41, 5.74) is 3.22. The van der Waals surface area contributed by atoms with Crippen LogP contribution in [0.5, 0.6) is 5.75 Å². The Morgan fingerprint density at radius 1 is 1.25 bits per heavy atom. The largest absolute Gasteiger partial charge is 0.507 e. The van der Waals surface area contributed by atoms with Gasteiger partial charge in [-0.25, -0.2) is 0 Å². The molecule has 1 aliphatic heterocycles. The highest BCUT2D eigenvalue weighted by atomic mass is 16.5. The topological polar surface area (TPSA) is 58.6 Å². The molecule has 1 saturated heterocycles. The SMILES string of the molecule is Cc1cc([C@H]2OCC[C@@]34C[C@@H](C[C@H]23)C(C)(C)[C@@H]4NC(=O)C(C)C)cc(C)c1O. The molecule has 1 aromatic carbocycles. The lowest BCUT2D eigenvalue weighted by atomic mass is 9.58. The lowest BCUT2D eigenvalue weighted by Crippen LogP contribution is -2.59. The molecular weight excluding hydrogens is 350 g/mol. The molecule has 2 saturated carbocycles. The van der Waals surface area contributed by atoms with E-state index in [-0.39, 0.29) is 34.8 Å². The van der Waals surface area contributed by atoms with Crippen molar-refractivity contribution in [2.75, 3.05) is 6.61 Å². The van der Waals surface area contributed by atoms with Crippen molar-refractivity contribution >= 4 is 5.91 Å². The summed E-state index contributed by atoms with van der Waals surface area (Å²) in [6.45, 7) is 13.3. The molecule has 1 amide bonds. The normalized spacial score (nSPS) is 35.8. The Kier molecular flexibility index (Phi) is 4.57. The van der Waals surface area contributed by atoms with Gasteiger partial charge in [0.1, 0.15) is 5.75 Å². The van der Waals surface area contributed by atoms with Gasteiger partial charge >= 0.3 is 0 Å². The molecule has 154 valence electrons. The monoisotopic (exact) mass is 385 g/mol. The van der Waals surface area contributed by atoms with E-state index in [2.05, 4.69) is 31.3 Å². The summed E-state index contributed by atoms with van der Waals surface area (Å²) in [6.07, 6.45) is 3.41. The number of phenolic OH excluding ortho intramolecular Hbond substituents is 1. The van der Waals surface area contributed by atoms with E-state index in [1.54, 1.807) is 0 Å². The predicted octanol–water partition coefficient (Wildman–Crippen LogP) is 4.66. The fraction of sp³-hybridized carbons (Fsp3) is 0.708. The lowest BCUT2D eigenvalue weighted by molar-refractivity contribution is -0.139. The molecule has 0 radical (unpaired) electrons. The van der Waals surface area contributed by atoms with Crippen molar-refractivity contribution in [1.82, 2.24) is 5.32 Å². The average Bonchev–Trinajstić information content (AvgIpc) is 3.11. The highest BCUT2D eigenvalue weighted by molar-refractivity contribution is 5.78. The first kappa shape index (κ1) is 19.8. The molecule has 2 bridgehead atoms. The Bertz CT molecular complexity index is 776. The number of rotatable bonds is 3.